The Morgan fingerprint density at radius 1 is 1.38 bits per heavy atom. The number of hydrogen-bond acceptors (Lipinski definition) is 4. The molecule has 0 aromatic heterocycles. The van der Waals surface area contributed by atoms with Crippen LogP contribution in [0.15, 0.2) is 30.0 Å². The van der Waals surface area contributed by atoms with Crippen LogP contribution in [-0.2, 0) is 0 Å². The molecule has 1 aliphatic rings. The summed E-state index contributed by atoms with van der Waals surface area (Å²) in [5.74, 6) is 0.243. The van der Waals surface area contributed by atoms with Gasteiger partial charge in [-0.2, -0.15) is 0 Å². The number of carbonyl (C=O) groups excluding carboxylic acids is 1. The quantitative estimate of drug-likeness (QED) is 0.658. The van der Waals surface area contributed by atoms with Crippen molar-refractivity contribution < 1.29 is 14.5 Å². The summed E-state index contributed by atoms with van der Waals surface area (Å²) in [6.45, 7) is 0. The second-order valence-electron chi connectivity index (χ2n) is 4.75. The number of nitrogens with one attached hydrogen (secondary N) is 2. The zero-order valence-electron chi connectivity index (χ0n) is 11.7. The maximum absolute atomic E-state index is 11.8. The van der Waals surface area contributed by atoms with Gasteiger partial charge in [0.25, 0.3) is 5.69 Å². The van der Waals surface area contributed by atoms with Crippen LogP contribution in [0.1, 0.15) is 25.7 Å². The molecule has 0 aliphatic heterocycles. The first kappa shape index (κ1) is 14.8. The summed E-state index contributed by atoms with van der Waals surface area (Å²) in [7, 11) is 1.39. The van der Waals surface area contributed by atoms with E-state index in [1.807, 2.05) is 0 Å². The first-order valence-electron chi connectivity index (χ1n) is 6.68. The van der Waals surface area contributed by atoms with Gasteiger partial charge in [0.15, 0.2) is 0 Å². The van der Waals surface area contributed by atoms with Crippen molar-refractivity contribution in [3.63, 3.8) is 0 Å². The summed E-state index contributed by atoms with van der Waals surface area (Å²) in [4.78, 5) is 22.0. The number of anilines is 1. The number of urea groups is 1. The van der Waals surface area contributed by atoms with Gasteiger partial charge in [-0.1, -0.05) is 5.57 Å². The van der Waals surface area contributed by atoms with Crippen molar-refractivity contribution in [3.8, 4) is 5.75 Å². The van der Waals surface area contributed by atoms with Gasteiger partial charge in [0.1, 0.15) is 5.75 Å². The molecular weight excluding hydrogens is 274 g/mol. The van der Waals surface area contributed by atoms with Crippen LogP contribution >= 0.6 is 0 Å². The van der Waals surface area contributed by atoms with Gasteiger partial charge in [-0.05, 0) is 31.7 Å². The van der Waals surface area contributed by atoms with Gasteiger partial charge in [-0.25, -0.2) is 4.79 Å². The Balaban J connectivity index is 2.02. The molecule has 1 aromatic carbocycles. The largest absolute Gasteiger partial charge is 0.494 e. The van der Waals surface area contributed by atoms with Gasteiger partial charge in [-0.3, -0.25) is 10.1 Å². The second-order valence-corrected chi connectivity index (χ2v) is 4.75. The van der Waals surface area contributed by atoms with Crippen LogP contribution in [0.2, 0.25) is 0 Å². The highest BCUT2D eigenvalue weighted by molar-refractivity contribution is 5.91. The number of amides is 2. The van der Waals surface area contributed by atoms with E-state index in [4.69, 9.17) is 4.74 Å². The molecule has 0 unspecified atom stereocenters. The summed E-state index contributed by atoms with van der Waals surface area (Å²) in [6.07, 6.45) is 6.07. The molecular formula is C14H17N3O4. The molecule has 0 heterocycles. The number of carbonyl (C=O) groups is 1. The van der Waals surface area contributed by atoms with Crippen LogP contribution < -0.4 is 15.4 Å². The van der Waals surface area contributed by atoms with Crippen molar-refractivity contribution in [2.75, 3.05) is 12.4 Å². The fourth-order valence-corrected chi connectivity index (χ4v) is 2.20. The van der Waals surface area contributed by atoms with Crippen molar-refractivity contribution in [2.45, 2.75) is 25.7 Å². The first-order chi connectivity index (χ1) is 10.1. The molecule has 1 fully saturated rings. The molecule has 1 saturated carbocycles. The fourth-order valence-electron chi connectivity index (χ4n) is 2.20. The molecule has 0 bridgehead atoms. The predicted octanol–water partition coefficient (Wildman–Crippen LogP) is 3.18. The number of nitro benzene ring substituents is 1. The second kappa shape index (κ2) is 6.74. The molecule has 0 spiro atoms. The van der Waals surface area contributed by atoms with Crippen LogP contribution in [0.25, 0.3) is 0 Å². The SMILES string of the molecule is COc1cc([N+](=O)[O-])ccc1NC(=O)NC=C1CCCC1. The highest BCUT2D eigenvalue weighted by atomic mass is 16.6. The molecule has 2 N–H and O–H groups in total. The fraction of sp³-hybridized carbons (Fsp3) is 0.357. The van der Waals surface area contributed by atoms with E-state index < -0.39 is 11.0 Å². The van der Waals surface area contributed by atoms with Gasteiger partial charge in [0.05, 0.1) is 23.8 Å². The monoisotopic (exact) mass is 291 g/mol. The Kier molecular flexibility index (Phi) is 4.76. The van der Waals surface area contributed by atoms with Crippen molar-refractivity contribution in [2.24, 2.45) is 0 Å². The smallest absolute Gasteiger partial charge is 0.323 e. The zero-order chi connectivity index (χ0) is 15.2. The summed E-state index contributed by atoms with van der Waals surface area (Å²) < 4.78 is 5.05. The van der Waals surface area contributed by atoms with E-state index in [2.05, 4.69) is 10.6 Å². The molecule has 0 saturated heterocycles. The number of benzene rings is 1. The molecule has 2 rings (SSSR count). The number of hydrogen-bond donors (Lipinski definition) is 2. The minimum atomic E-state index is -0.517. The van der Waals surface area contributed by atoms with Crippen molar-refractivity contribution in [1.82, 2.24) is 5.32 Å². The van der Waals surface area contributed by atoms with E-state index in [9.17, 15) is 14.9 Å². The van der Waals surface area contributed by atoms with E-state index in [0.29, 0.717) is 5.69 Å². The third kappa shape index (κ3) is 3.95. The number of nitrogens with zero attached hydrogens (tertiary/aromatic N) is 1. The van der Waals surface area contributed by atoms with E-state index in [0.717, 1.165) is 25.7 Å². The van der Waals surface area contributed by atoms with Gasteiger partial charge >= 0.3 is 6.03 Å². The number of nitro groups is 1. The number of ether oxygens (including phenoxy) is 1. The van der Waals surface area contributed by atoms with Crippen molar-refractivity contribution >= 4 is 17.4 Å². The standard InChI is InChI=1S/C14H17N3O4/c1-21-13-8-11(17(19)20)6-7-12(13)16-14(18)15-9-10-4-2-3-5-10/h6-9H,2-5H2,1H3,(H2,15,16,18). The van der Waals surface area contributed by atoms with Crippen molar-refractivity contribution in [1.29, 1.82) is 0 Å². The van der Waals surface area contributed by atoms with Crippen LogP contribution in [-0.4, -0.2) is 18.1 Å². The third-order valence-corrected chi connectivity index (χ3v) is 3.30. The number of rotatable bonds is 4. The Hall–Kier alpha value is -2.57. The topological polar surface area (TPSA) is 93.5 Å². The van der Waals surface area contributed by atoms with Crippen LogP contribution in [0, 0.1) is 10.1 Å². The predicted molar refractivity (Wildman–Crippen MR) is 78.4 cm³/mol. The lowest BCUT2D eigenvalue weighted by Gasteiger charge is -2.09. The molecule has 1 aliphatic carbocycles. The molecule has 2 amide bonds. The van der Waals surface area contributed by atoms with E-state index in [1.165, 1.54) is 30.9 Å². The van der Waals surface area contributed by atoms with Gasteiger partial charge in [0, 0.05) is 12.3 Å². The molecule has 0 radical (unpaired) electrons. The van der Waals surface area contributed by atoms with Crippen LogP contribution in [0.3, 0.4) is 0 Å². The third-order valence-electron chi connectivity index (χ3n) is 3.30. The number of allylic oxidation sites excluding steroid dienone is 1. The van der Waals surface area contributed by atoms with Gasteiger partial charge in [-0.15, -0.1) is 0 Å². The Bertz CT molecular complexity index is 576. The van der Waals surface area contributed by atoms with Crippen LogP contribution in [0.4, 0.5) is 16.2 Å². The maximum atomic E-state index is 11.8. The summed E-state index contributed by atoms with van der Waals surface area (Å²) in [5.41, 5.74) is 1.51. The van der Waals surface area contributed by atoms with E-state index >= 15 is 0 Å². The number of non-ortho nitro benzene ring substituents is 1. The average Bonchev–Trinajstić information content (AvgIpc) is 2.98. The highest BCUT2D eigenvalue weighted by Gasteiger charge is 2.13. The lowest BCUT2D eigenvalue weighted by molar-refractivity contribution is -0.384. The molecule has 1 aromatic rings. The molecule has 7 nitrogen and oxygen atoms in total. The van der Waals surface area contributed by atoms with Gasteiger partial charge in [0.2, 0.25) is 0 Å². The summed E-state index contributed by atoms with van der Waals surface area (Å²) in [5, 5.41) is 16.0. The maximum Gasteiger partial charge on any atom is 0.323 e. The minimum Gasteiger partial charge on any atom is -0.494 e. The Labute approximate surface area is 122 Å². The van der Waals surface area contributed by atoms with Gasteiger partial charge < -0.3 is 15.4 Å². The number of methoxy groups -OCH3 is 1. The lowest BCUT2D eigenvalue weighted by atomic mass is 10.2. The normalized spacial score (nSPS) is 13.7. The Morgan fingerprint density at radius 3 is 2.71 bits per heavy atom. The molecule has 112 valence electrons. The van der Waals surface area contributed by atoms with E-state index in [1.54, 1.807) is 6.20 Å². The van der Waals surface area contributed by atoms with Crippen LogP contribution in [0.5, 0.6) is 5.75 Å². The molecule has 0 atom stereocenters. The highest BCUT2D eigenvalue weighted by Crippen LogP contribution is 2.29. The molecule has 21 heavy (non-hydrogen) atoms. The minimum absolute atomic E-state index is 0.0918. The average molecular weight is 291 g/mol. The zero-order valence-corrected chi connectivity index (χ0v) is 11.7. The Morgan fingerprint density at radius 2 is 2.10 bits per heavy atom. The van der Waals surface area contributed by atoms with E-state index in [-0.39, 0.29) is 11.4 Å². The van der Waals surface area contributed by atoms with Crippen molar-refractivity contribution in [3.05, 3.63) is 40.1 Å². The lowest BCUT2D eigenvalue weighted by Crippen LogP contribution is -2.24. The summed E-state index contributed by atoms with van der Waals surface area (Å²) in [6, 6.07) is 3.62. The first-order valence-corrected chi connectivity index (χ1v) is 6.68. The molecule has 7 heteroatoms. The summed E-state index contributed by atoms with van der Waals surface area (Å²) >= 11 is 0.